The summed E-state index contributed by atoms with van der Waals surface area (Å²) in [5.41, 5.74) is 5.97. The van der Waals surface area contributed by atoms with Crippen molar-refractivity contribution >= 4 is 22.6 Å². The van der Waals surface area contributed by atoms with Crippen LogP contribution in [0, 0.1) is 3.70 Å². The molecule has 12 heavy (non-hydrogen) atoms. The lowest BCUT2D eigenvalue weighted by molar-refractivity contribution is 0.120. The summed E-state index contributed by atoms with van der Waals surface area (Å²) >= 11 is 1.96. The van der Waals surface area contributed by atoms with Gasteiger partial charge in [0.2, 0.25) is 0 Å². The van der Waals surface area contributed by atoms with Crippen LogP contribution >= 0.6 is 22.6 Å². The summed E-state index contributed by atoms with van der Waals surface area (Å²) < 4.78 is 25.8. The minimum Gasteiger partial charge on any atom is -0.325 e. The Morgan fingerprint density at radius 3 is 2.83 bits per heavy atom. The molecule has 0 unspecified atom stereocenters. The highest BCUT2D eigenvalue weighted by molar-refractivity contribution is 14.1. The molecule has 1 aromatic rings. The summed E-state index contributed by atoms with van der Waals surface area (Å²) in [6, 6.07) is 1.70. The topological polar surface area (TPSA) is 43.8 Å². The second-order valence-electron chi connectivity index (χ2n) is 2.24. The van der Waals surface area contributed by atoms with Crippen LogP contribution in [-0.4, -0.2) is 16.2 Å². The molecule has 0 bridgehead atoms. The minimum atomic E-state index is -2.38. The van der Waals surface area contributed by atoms with Gasteiger partial charge in [0.05, 0.1) is 5.69 Å². The molecule has 0 aromatic carbocycles. The van der Waals surface area contributed by atoms with E-state index in [9.17, 15) is 8.78 Å². The average Bonchev–Trinajstić information content (AvgIpc) is 2.29. The van der Waals surface area contributed by atoms with Crippen LogP contribution in [0.15, 0.2) is 6.07 Å². The summed E-state index contributed by atoms with van der Waals surface area (Å²) in [4.78, 5) is 0. The largest absolute Gasteiger partial charge is 0.325 e. The first-order valence-electron chi connectivity index (χ1n) is 3.34. The third-order valence-electron chi connectivity index (χ3n) is 1.35. The Morgan fingerprint density at radius 1 is 1.67 bits per heavy atom. The van der Waals surface area contributed by atoms with E-state index in [1.165, 1.54) is 4.68 Å². The van der Waals surface area contributed by atoms with Gasteiger partial charge >= 0.3 is 0 Å². The van der Waals surface area contributed by atoms with Crippen LogP contribution in [0.5, 0.6) is 0 Å². The van der Waals surface area contributed by atoms with Crippen LogP contribution in [0.25, 0.3) is 0 Å². The van der Waals surface area contributed by atoms with Gasteiger partial charge in [-0.25, -0.2) is 8.78 Å². The zero-order valence-electron chi connectivity index (χ0n) is 6.17. The van der Waals surface area contributed by atoms with Crippen molar-refractivity contribution in [3.63, 3.8) is 0 Å². The van der Waals surface area contributed by atoms with Crippen molar-refractivity contribution in [2.45, 2.75) is 19.5 Å². The van der Waals surface area contributed by atoms with Crippen molar-refractivity contribution in [1.29, 1.82) is 0 Å². The highest BCUT2D eigenvalue weighted by Gasteiger charge is 2.09. The van der Waals surface area contributed by atoms with E-state index in [2.05, 4.69) is 5.10 Å². The Balaban J connectivity index is 2.81. The van der Waals surface area contributed by atoms with Crippen molar-refractivity contribution in [2.75, 3.05) is 0 Å². The van der Waals surface area contributed by atoms with Gasteiger partial charge in [0, 0.05) is 6.54 Å². The van der Waals surface area contributed by atoms with Crippen molar-refractivity contribution in [3.05, 3.63) is 15.5 Å². The predicted octanol–water partition coefficient (Wildman–Crippen LogP) is 1.21. The number of aromatic nitrogens is 2. The lowest BCUT2D eigenvalue weighted by atomic mass is 10.4. The first-order valence-corrected chi connectivity index (χ1v) is 4.42. The Morgan fingerprint density at radius 2 is 2.33 bits per heavy atom. The summed E-state index contributed by atoms with van der Waals surface area (Å²) in [5, 5.41) is 3.86. The van der Waals surface area contributed by atoms with Crippen LogP contribution in [-0.2, 0) is 13.1 Å². The summed E-state index contributed by atoms with van der Waals surface area (Å²) in [6.45, 7) is -0.141. The zero-order chi connectivity index (χ0) is 9.14. The number of nitrogens with zero attached hydrogens (tertiary/aromatic N) is 2. The lowest BCUT2D eigenvalue weighted by Gasteiger charge is -2.03. The normalized spacial score (nSPS) is 11.1. The van der Waals surface area contributed by atoms with E-state index in [0.717, 1.165) is 0 Å². The zero-order valence-corrected chi connectivity index (χ0v) is 8.33. The molecular weight excluding hydrogens is 279 g/mol. The molecule has 0 saturated carbocycles. The van der Waals surface area contributed by atoms with Gasteiger partial charge in [0.15, 0.2) is 0 Å². The number of rotatable bonds is 3. The van der Waals surface area contributed by atoms with Crippen molar-refractivity contribution in [3.8, 4) is 0 Å². The molecule has 6 heteroatoms. The fraction of sp³-hybridized carbons (Fsp3) is 0.500. The fourth-order valence-electron chi connectivity index (χ4n) is 0.874. The van der Waals surface area contributed by atoms with Gasteiger partial charge < -0.3 is 5.73 Å². The molecule has 0 atom stereocenters. The molecule has 1 heterocycles. The smallest absolute Gasteiger partial charge is 0.257 e. The maximum Gasteiger partial charge on any atom is 0.257 e. The van der Waals surface area contributed by atoms with Crippen molar-refractivity contribution in [2.24, 2.45) is 5.73 Å². The van der Waals surface area contributed by atoms with Gasteiger partial charge in [0.25, 0.3) is 6.43 Å². The second-order valence-corrected chi connectivity index (χ2v) is 3.34. The SMILES string of the molecule is NCc1cc(I)nn1CC(F)F. The quantitative estimate of drug-likeness (QED) is 0.849. The van der Waals surface area contributed by atoms with Gasteiger partial charge in [-0.2, -0.15) is 5.10 Å². The molecular formula is C6H8F2IN3. The van der Waals surface area contributed by atoms with Gasteiger partial charge in [-0.05, 0) is 28.7 Å². The Hall–Kier alpha value is -0.240. The third-order valence-corrected chi connectivity index (χ3v) is 1.88. The lowest BCUT2D eigenvalue weighted by Crippen LogP contribution is -2.13. The Labute approximate surface area is 82.1 Å². The molecule has 0 fully saturated rings. The molecule has 0 aliphatic rings. The monoisotopic (exact) mass is 287 g/mol. The van der Waals surface area contributed by atoms with Crippen LogP contribution in [0.3, 0.4) is 0 Å². The maximum absolute atomic E-state index is 11.9. The molecule has 0 saturated heterocycles. The van der Waals surface area contributed by atoms with Crippen LogP contribution in [0.1, 0.15) is 5.69 Å². The predicted molar refractivity (Wildman–Crippen MR) is 48.8 cm³/mol. The minimum absolute atomic E-state index is 0.239. The molecule has 2 N–H and O–H groups in total. The van der Waals surface area contributed by atoms with Crippen LogP contribution in [0.4, 0.5) is 8.78 Å². The molecule has 1 rings (SSSR count). The maximum atomic E-state index is 11.9. The molecule has 0 radical (unpaired) electrons. The number of halogens is 3. The van der Waals surface area contributed by atoms with E-state index in [1.807, 2.05) is 22.6 Å². The third kappa shape index (κ3) is 2.37. The highest BCUT2D eigenvalue weighted by atomic mass is 127. The Kier molecular flexibility index (Phi) is 3.39. The van der Waals surface area contributed by atoms with Gasteiger partial charge in [-0.3, -0.25) is 4.68 Å². The van der Waals surface area contributed by atoms with Gasteiger partial charge in [-0.15, -0.1) is 0 Å². The van der Waals surface area contributed by atoms with E-state index in [4.69, 9.17) is 5.73 Å². The van der Waals surface area contributed by atoms with E-state index in [1.54, 1.807) is 6.07 Å². The standard InChI is InChI=1S/C6H8F2IN3/c7-5(8)3-12-4(2-10)1-6(9)11-12/h1,5H,2-3,10H2. The van der Waals surface area contributed by atoms with Crippen molar-refractivity contribution < 1.29 is 8.78 Å². The molecule has 0 amide bonds. The molecule has 1 aromatic heterocycles. The van der Waals surface area contributed by atoms with Crippen molar-refractivity contribution in [1.82, 2.24) is 9.78 Å². The number of hydrogen-bond donors (Lipinski definition) is 1. The van der Waals surface area contributed by atoms with E-state index < -0.39 is 6.43 Å². The van der Waals surface area contributed by atoms with Gasteiger partial charge in [0.1, 0.15) is 10.2 Å². The first kappa shape index (κ1) is 9.85. The van der Waals surface area contributed by atoms with E-state index in [-0.39, 0.29) is 13.1 Å². The molecule has 0 aliphatic heterocycles. The summed E-state index contributed by atoms with van der Waals surface area (Å²) in [7, 11) is 0. The highest BCUT2D eigenvalue weighted by Crippen LogP contribution is 2.08. The molecule has 3 nitrogen and oxygen atoms in total. The summed E-state index contributed by atoms with van der Waals surface area (Å²) in [5.74, 6) is 0. The van der Waals surface area contributed by atoms with Gasteiger partial charge in [-0.1, -0.05) is 0 Å². The molecule has 0 spiro atoms. The first-order chi connectivity index (χ1) is 5.63. The van der Waals surface area contributed by atoms with Crippen LogP contribution < -0.4 is 5.73 Å². The summed E-state index contributed by atoms with van der Waals surface area (Å²) in [6.07, 6.45) is -2.38. The number of alkyl halides is 2. The fourth-order valence-corrected chi connectivity index (χ4v) is 1.49. The average molecular weight is 287 g/mol. The Bertz CT molecular complexity index is 261. The second kappa shape index (κ2) is 4.13. The molecule has 68 valence electrons. The molecule has 0 aliphatic carbocycles. The van der Waals surface area contributed by atoms with E-state index >= 15 is 0 Å². The number of hydrogen-bond acceptors (Lipinski definition) is 2. The number of nitrogens with two attached hydrogens (primary N) is 1. The van der Waals surface area contributed by atoms with E-state index in [0.29, 0.717) is 9.39 Å². The van der Waals surface area contributed by atoms with Crippen LogP contribution in [0.2, 0.25) is 0 Å².